The molecule has 0 saturated carbocycles. The Morgan fingerprint density at radius 1 is 1.50 bits per heavy atom. The van der Waals surface area contributed by atoms with E-state index >= 15 is 0 Å². The summed E-state index contributed by atoms with van der Waals surface area (Å²) < 4.78 is 9.82. The number of rotatable bonds is 4. The molecular weight excluding hydrogens is 228 g/mol. The average Bonchev–Trinajstić information content (AvgIpc) is 2.30. The van der Waals surface area contributed by atoms with Gasteiger partial charge in [0.25, 0.3) is 0 Å². The molecule has 3 nitrogen and oxygen atoms in total. The summed E-state index contributed by atoms with van der Waals surface area (Å²) in [5.74, 6) is 0.189. The quantitative estimate of drug-likeness (QED) is 0.600. The van der Waals surface area contributed by atoms with E-state index in [9.17, 15) is 4.79 Å². The van der Waals surface area contributed by atoms with Crippen LogP contribution in [0.2, 0.25) is 5.02 Å². The number of halogens is 1. The lowest BCUT2D eigenvalue weighted by atomic mass is 10.2. The average molecular weight is 241 g/mol. The lowest BCUT2D eigenvalue weighted by molar-refractivity contribution is -0.134. The van der Waals surface area contributed by atoms with Crippen LogP contribution in [0.1, 0.15) is 12.5 Å². The Hall–Kier alpha value is -1.48. The first-order chi connectivity index (χ1) is 7.69. The van der Waals surface area contributed by atoms with E-state index in [0.717, 1.165) is 5.56 Å². The zero-order valence-electron chi connectivity index (χ0n) is 9.20. The lowest BCUT2D eigenvalue weighted by Crippen LogP contribution is -1.95. The number of ether oxygens (including phenoxy) is 2. The number of benzene rings is 1. The maximum Gasteiger partial charge on any atom is 0.330 e. The van der Waals surface area contributed by atoms with Gasteiger partial charge in [0.2, 0.25) is 0 Å². The Labute approximate surface area is 99.6 Å². The van der Waals surface area contributed by atoms with Crippen molar-refractivity contribution < 1.29 is 14.3 Å². The van der Waals surface area contributed by atoms with Crippen LogP contribution < -0.4 is 4.74 Å². The van der Waals surface area contributed by atoms with E-state index in [1.165, 1.54) is 13.2 Å². The summed E-state index contributed by atoms with van der Waals surface area (Å²) in [5, 5.41) is 0.490. The molecule has 4 heteroatoms. The van der Waals surface area contributed by atoms with Crippen molar-refractivity contribution in [3.63, 3.8) is 0 Å². The molecule has 0 heterocycles. The normalized spacial score (nSPS) is 10.4. The monoisotopic (exact) mass is 240 g/mol. The van der Waals surface area contributed by atoms with Crippen molar-refractivity contribution in [3.05, 3.63) is 34.9 Å². The van der Waals surface area contributed by atoms with Gasteiger partial charge in [-0.15, -0.1) is 0 Å². The van der Waals surface area contributed by atoms with Crippen molar-refractivity contribution in [2.75, 3.05) is 13.7 Å². The molecular formula is C12H13ClO3. The molecule has 0 aliphatic carbocycles. The Balaban J connectivity index is 2.92. The molecule has 0 N–H and O–H groups in total. The molecule has 0 amide bonds. The molecule has 0 spiro atoms. The van der Waals surface area contributed by atoms with Gasteiger partial charge >= 0.3 is 5.97 Å². The molecule has 0 fully saturated rings. The molecule has 16 heavy (non-hydrogen) atoms. The van der Waals surface area contributed by atoms with Gasteiger partial charge in [-0.1, -0.05) is 23.7 Å². The highest BCUT2D eigenvalue weighted by molar-refractivity contribution is 6.33. The first-order valence-electron chi connectivity index (χ1n) is 4.86. The van der Waals surface area contributed by atoms with Gasteiger partial charge in [0.05, 0.1) is 18.7 Å². The van der Waals surface area contributed by atoms with Crippen LogP contribution in [-0.2, 0) is 9.53 Å². The Morgan fingerprint density at radius 2 is 2.25 bits per heavy atom. The highest BCUT2D eigenvalue weighted by Crippen LogP contribution is 2.28. The second kappa shape index (κ2) is 6.18. The van der Waals surface area contributed by atoms with Crippen LogP contribution in [0.25, 0.3) is 6.08 Å². The molecule has 0 aromatic heterocycles. The van der Waals surface area contributed by atoms with Crippen LogP contribution in [0.15, 0.2) is 24.3 Å². The SMILES string of the molecule is CCOc1cccc(/C=C/C(=O)OC)c1Cl. The third kappa shape index (κ3) is 3.28. The van der Waals surface area contributed by atoms with Gasteiger partial charge in [-0.2, -0.15) is 0 Å². The topological polar surface area (TPSA) is 35.5 Å². The molecule has 0 saturated heterocycles. The third-order valence-electron chi connectivity index (χ3n) is 1.89. The summed E-state index contributed by atoms with van der Waals surface area (Å²) in [5.41, 5.74) is 0.720. The summed E-state index contributed by atoms with van der Waals surface area (Å²) in [7, 11) is 1.32. The van der Waals surface area contributed by atoms with Crippen molar-refractivity contribution in [2.24, 2.45) is 0 Å². The van der Waals surface area contributed by atoms with E-state index in [1.807, 2.05) is 13.0 Å². The minimum absolute atomic E-state index is 0.419. The molecule has 0 bridgehead atoms. The molecule has 86 valence electrons. The fourth-order valence-corrected chi connectivity index (χ4v) is 1.39. The van der Waals surface area contributed by atoms with Gasteiger partial charge in [-0.05, 0) is 24.6 Å². The maximum absolute atomic E-state index is 10.9. The highest BCUT2D eigenvalue weighted by atomic mass is 35.5. The fourth-order valence-electron chi connectivity index (χ4n) is 1.15. The van der Waals surface area contributed by atoms with Gasteiger partial charge in [0.15, 0.2) is 0 Å². The molecule has 1 rings (SSSR count). The van der Waals surface area contributed by atoms with Crippen LogP contribution >= 0.6 is 11.6 Å². The van der Waals surface area contributed by atoms with Crippen LogP contribution in [-0.4, -0.2) is 19.7 Å². The van der Waals surface area contributed by atoms with E-state index in [4.69, 9.17) is 16.3 Å². The Kier molecular flexibility index (Phi) is 4.86. The summed E-state index contributed by atoms with van der Waals surface area (Å²) in [6.07, 6.45) is 2.91. The molecule has 1 aromatic rings. The van der Waals surface area contributed by atoms with E-state index in [-0.39, 0.29) is 0 Å². The molecule has 0 aliphatic rings. The zero-order valence-corrected chi connectivity index (χ0v) is 9.95. The van der Waals surface area contributed by atoms with Gasteiger partial charge in [-0.3, -0.25) is 0 Å². The van der Waals surface area contributed by atoms with Crippen molar-refractivity contribution in [2.45, 2.75) is 6.92 Å². The first-order valence-corrected chi connectivity index (χ1v) is 5.24. The van der Waals surface area contributed by atoms with E-state index in [2.05, 4.69) is 4.74 Å². The van der Waals surface area contributed by atoms with E-state index in [0.29, 0.717) is 17.4 Å². The minimum atomic E-state index is -0.419. The zero-order chi connectivity index (χ0) is 12.0. The summed E-state index contributed by atoms with van der Waals surface area (Å²) >= 11 is 6.09. The number of carbonyl (C=O) groups is 1. The molecule has 1 aromatic carbocycles. The highest BCUT2D eigenvalue weighted by Gasteiger charge is 2.04. The number of carbonyl (C=O) groups excluding carboxylic acids is 1. The number of hydrogen-bond acceptors (Lipinski definition) is 3. The number of methoxy groups -OCH3 is 1. The fraction of sp³-hybridized carbons (Fsp3) is 0.250. The van der Waals surface area contributed by atoms with E-state index in [1.54, 1.807) is 18.2 Å². The van der Waals surface area contributed by atoms with Crippen LogP contribution in [0, 0.1) is 0 Å². The van der Waals surface area contributed by atoms with Crippen molar-refractivity contribution in [1.29, 1.82) is 0 Å². The van der Waals surface area contributed by atoms with Crippen molar-refractivity contribution >= 4 is 23.6 Å². The van der Waals surface area contributed by atoms with Crippen LogP contribution in [0.3, 0.4) is 0 Å². The largest absolute Gasteiger partial charge is 0.492 e. The molecule has 0 aliphatic heterocycles. The van der Waals surface area contributed by atoms with Gasteiger partial charge in [0, 0.05) is 6.08 Å². The maximum atomic E-state index is 10.9. The standard InChI is InChI=1S/C12H13ClO3/c1-3-16-10-6-4-5-9(12(10)13)7-8-11(14)15-2/h4-8H,3H2,1-2H3/b8-7+. The number of hydrogen-bond donors (Lipinski definition) is 0. The van der Waals surface area contributed by atoms with Crippen LogP contribution in [0.5, 0.6) is 5.75 Å². The second-order valence-electron chi connectivity index (χ2n) is 2.95. The van der Waals surface area contributed by atoms with Gasteiger partial charge < -0.3 is 9.47 Å². The summed E-state index contributed by atoms with van der Waals surface area (Å²) in [4.78, 5) is 10.9. The minimum Gasteiger partial charge on any atom is -0.492 e. The van der Waals surface area contributed by atoms with Crippen LogP contribution in [0.4, 0.5) is 0 Å². The van der Waals surface area contributed by atoms with E-state index < -0.39 is 5.97 Å². The number of esters is 1. The predicted octanol–water partition coefficient (Wildman–Crippen LogP) is 2.92. The Morgan fingerprint density at radius 3 is 2.88 bits per heavy atom. The molecule has 0 atom stereocenters. The molecule has 0 radical (unpaired) electrons. The lowest BCUT2D eigenvalue weighted by Gasteiger charge is -2.07. The third-order valence-corrected chi connectivity index (χ3v) is 2.30. The van der Waals surface area contributed by atoms with Crippen molar-refractivity contribution in [1.82, 2.24) is 0 Å². The first kappa shape index (κ1) is 12.6. The predicted molar refractivity (Wildman–Crippen MR) is 63.7 cm³/mol. The van der Waals surface area contributed by atoms with Gasteiger partial charge in [0.1, 0.15) is 5.75 Å². The second-order valence-corrected chi connectivity index (χ2v) is 3.33. The smallest absolute Gasteiger partial charge is 0.330 e. The molecule has 0 unspecified atom stereocenters. The Bertz CT molecular complexity index is 399. The summed E-state index contributed by atoms with van der Waals surface area (Å²) in [6, 6.07) is 5.39. The van der Waals surface area contributed by atoms with Crippen molar-refractivity contribution in [3.8, 4) is 5.75 Å². The van der Waals surface area contributed by atoms with Gasteiger partial charge in [-0.25, -0.2) is 4.79 Å². The summed E-state index contributed by atoms with van der Waals surface area (Å²) in [6.45, 7) is 2.43.